The molecule has 0 spiro atoms. The van der Waals surface area contributed by atoms with E-state index >= 15 is 0 Å². The van der Waals surface area contributed by atoms with Crippen molar-refractivity contribution in [3.63, 3.8) is 0 Å². The fraction of sp³-hybridized carbons (Fsp3) is 1.00. The molecule has 2 unspecified atom stereocenters. The van der Waals surface area contributed by atoms with Crippen molar-refractivity contribution in [2.24, 2.45) is 11.5 Å². The zero-order valence-corrected chi connectivity index (χ0v) is 15.0. The molecule has 0 aliphatic carbocycles. The molecule has 2 atom stereocenters. The van der Waals surface area contributed by atoms with E-state index in [-0.39, 0.29) is 0 Å². The van der Waals surface area contributed by atoms with Crippen LogP contribution in [0.4, 0.5) is 0 Å². The molecule has 0 bridgehead atoms. The fourth-order valence-corrected chi connectivity index (χ4v) is 2.79. The second-order valence-corrected chi connectivity index (χ2v) is 6.23. The maximum Gasteiger partial charge on any atom is 0.00671 e. The van der Waals surface area contributed by atoms with Crippen LogP contribution in [0.5, 0.6) is 0 Å². The highest BCUT2D eigenvalue weighted by atomic mass is 15.2. The van der Waals surface area contributed by atoms with Gasteiger partial charge in [0.05, 0.1) is 0 Å². The lowest BCUT2D eigenvalue weighted by atomic mass is 10.1. The SMILES string of the molecule is CCC(C)N(CCCN(CCCN)CCCN)C(C)CC. The lowest BCUT2D eigenvalue weighted by Crippen LogP contribution is -2.41. The number of rotatable bonds is 14. The summed E-state index contributed by atoms with van der Waals surface area (Å²) in [7, 11) is 0. The van der Waals surface area contributed by atoms with Crippen LogP contribution in [0.2, 0.25) is 0 Å². The highest BCUT2D eigenvalue weighted by molar-refractivity contribution is 4.73. The van der Waals surface area contributed by atoms with Gasteiger partial charge in [0.1, 0.15) is 0 Å². The van der Waals surface area contributed by atoms with Crippen molar-refractivity contribution in [3.8, 4) is 0 Å². The van der Waals surface area contributed by atoms with Crippen LogP contribution in [-0.4, -0.2) is 61.2 Å². The second kappa shape index (κ2) is 13.5. The monoisotopic (exact) mass is 300 g/mol. The van der Waals surface area contributed by atoms with Crippen molar-refractivity contribution >= 4 is 0 Å². The van der Waals surface area contributed by atoms with E-state index in [4.69, 9.17) is 11.5 Å². The Morgan fingerprint density at radius 2 is 1.14 bits per heavy atom. The Kier molecular flexibility index (Phi) is 13.4. The Balaban J connectivity index is 4.21. The van der Waals surface area contributed by atoms with Gasteiger partial charge in [-0.1, -0.05) is 13.8 Å². The molecule has 0 saturated heterocycles. The third-order valence-corrected chi connectivity index (χ3v) is 4.56. The molecule has 4 heteroatoms. The van der Waals surface area contributed by atoms with E-state index in [0.717, 1.165) is 39.0 Å². The third-order valence-electron chi connectivity index (χ3n) is 4.56. The average Bonchev–Trinajstić information content (AvgIpc) is 2.51. The van der Waals surface area contributed by atoms with Crippen LogP contribution in [-0.2, 0) is 0 Å². The average molecular weight is 301 g/mol. The lowest BCUT2D eigenvalue weighted by molar-refractivity contribution is 0.135. The van der Waals surface area contributed by atoms with Gasteiger partial charge in [0.15, 0.2) is 0 Å². The Hall–Kier alpha value is -0.160. The van der Waals surface area contributed by atoms with Crippen LogP contribution in [0.1, 0.15) is 59.8 Å². The van der Waals surface area contributed by atoms with E-state index in [2.05, 4.69) is 37.5 Å². The van der Waals surface area contributed by atoms with Crippen LogP contribution in [0, 0.1) is 0 Å². The summed E-state index contributed by atoms with van der Waals surface area (Å²) in [5.74, 6) is 0. The van der Waals surface area contributed by atoms with Gasteiger partial charge in [0, 0.05) is 12.1 Å². The predicted molar refractivity (Wildman–Crippen MR) is 94.6 cm³/mol. The van der Waals surface area contributed by atoms with E-state index in [9.17, 15) is 0 Å². The van der Waals surface area contributed by atoms with E-state index < -0.39 is 0 Å². The minimum absolute atomic E-state index is 0.682. The van der Waals surface area contributed by atoms with Gasteiger partial charge >= 0.3 is 0 Å². The van der Waals surface area contributed by atoms with Gasteiger partial charge in [-0.15, -0.1) is 0 Å². The molecular weight excluding hydrogens is 260 g/mol. The summed E-state index contributed by atoms with van der Waals surface area (Å²) in [4.78, 5) is 5.20. The number of nitrogens with zero attached hydrogens (tertiary/aromatic N) is 2. The Bertz CT molecular complexity index is 205. The van der Waals surface area contributed by atoms with Crippen molar-refractivity contribution in [1.82, 2.24) is 9.80 Å². The molecule has 0 aromatic rings. The molecule has 0 heterocycles. The molecule has 0 aliphatic rings. The number of nitrogens with two attached hydrogens (primary N) is 2. The van der Waals surface area contributed by atoms with Crippen molar-refractivity contribution in [2.45, 2.75) is 71.9 Å². The first-order valence-electron chi connectivity index (χ1n) is 8.98. The second-order valence-electron chi connectivity index (χ2n) is 6.23. The molecule has 0 aliphatic heterocycles. The first kappa shape index (κ1) is 20.8. The van der Waals surface area contributed by atoms with Gasteiger partial charge in [-0.05, 0) is 85.2 Å². The normalized spacial score (nSPS) is 14.9. The van der Waals surface area contributed by atoms with Crippen LogP contribution in [0.25, 0.3) is 0 Å². The Morgan fingerprint density at radius 1 is 0.714 bits per heavy atom. The number of hydrogen-bond donors (Lipinski definition) is 2. The summed E-state index contributed by atoms with van der Waals surface area (Å²) in [6.07, 6.45) is 5.88. The van der Waals surface area contributed by atoms with Gasteiger partial charge in [-0.25, -0.2) is 0 Å². The molecule has 0 amide bonds. The van der Waals surface area contributed by atoms with Gasteiger partial charge in [-0.3, -0.25) is 4.90 Å². The van der Waals surface area contributed by atoms with Crippen molar-refractivity contribution in [3.05, 3.63) is 0 Å². The summed E-state index contributed by atoms with van der Waals surface area (Å²) in [6.45, 7) is 15.4. The molecule has 4 N–H and O–H groups in total. The minimum Gasteiger partial charge on any atom is -0.330 e. The van der Waals surface area contributed by atoms with Crippen molar-refractivity contribution < 1.29 is 0 Å². The smallest absolute Gasteiger partial charge is 0.00671 e. The van der Waals surface area contributed by atoms with Gasteiger partial charge in [0.2, 0.25) is 0 Å². The number of hydrogen-bond acceptors (Lipinski definition) is 4. The van der Waals surface area contributed by atoms with Crippen LogP contribution >= 0.6 is 0 Å². The van der Waals surface area contributed by atoms with Crippen LogP contribution in [0.3, 0.4) is 0 Å². The molecule has 0 fully saturated rings. The van der Waals surface area contributed by atoms with E-state index in [1.165, 1.54) is 32.4 Å². The summed E-state index contributed by atoms with van der Waals surface area (Å²) in [6, 6.07) is 1.36. The van der Waals surface area contributed by atoms with Crippen LogP contribution < -0.4 is 11.5 Å². The summed E-state index contributed by atoms with van der Waals surface area (Å²) >= 11 is 0. The third kappa shape index (κ3) is 9.46. The first-order chi connectivity index (χ1) is 10.1. The summed E-state index contributed by atoms with van der Waals surface area (Å²) in [5.41, 5.74) is 11.3. The molecule has 21 heavy (non-hydrogen) atoms. The van der Waals surface area contributed by atoms with E-state index in [1.807, 2.05) is 0 Å². The maximum absolute atomic E-state index is 5.64. The fourth-order valence-electron chi connectivity index (χ4n) is 2.79. The lowest BCUT2D eigenvalue weighted by Gasteiger charge is -2.34. The molecular formula is C17H40N4. The maximum atomic E-state index is 5.64. The summed E-state index contributed by atoms with van der Waals surface area (Å²) in [5, 5.41) is 0. The first-order valence-corrected chi connectivity index (χ1v) is 8.98. The van der Waals surface area contributed by atoms with E-state index in [0.29, 0.717) is 12.1 Å². The quantitative estimate of drug-likeness (QED) is 0.517. The molecule has 0 aromatic heterocycles. The Morgan fingerprint density at radius 3 is 1.52 bits per heavy atom. The molecule has 0 radical (unpaired) electrons. The summed E-state index contributed by atoms with van der Waals surface area (Å²) < 4.78 is 0. The van der Waals surface area contributed by atoms with E-state index in [1.54, 1.807) is 0 Å². The molecule has 4 nitrogen and oxygen atoms in total. The molecule has 128 valence electrons. The molecule has 0 rings (SSSR count). The van der Waals surface area contributed by atoms with Crippen molar-refractivity contribution in [2.75, 3.05) is 39.3 Å². The van der Waals surface area contributed by atoms with Crippen molar-refractivity contribution in [1.29, 1.82) is 0 Å². The van der Waals surface area contributed by atoms with Gasteiger partial charge in [0.25, 0.3) is 0 Å². The highest BCUT2D eigenvalue weighted by Gasteiger charge is 2.17. The topological polar surface area (TPSA) is 58.5 Å². The standard InChI is InChI=1S/C17H40N4/c1-5-16(3)21(17(4)6-2)15-9-14-20(12-7-10-18)13-8-11-19/h16-17H,5-15,18-19H2,1-4H3. The molecule has 0 saturated carbocycles. The Labute approximate surface area is 133 Å². The predicted octanol–water partition coefficient (Wildman–Crippen LogP) is 2.28. The zero-order chi connectivity index (χ0) is 16.1. The highest BCUT2D eigenvalue weighted by Crippen LogP contribution is 2.12. The molecule has 0 aromatic carbocycles. The zero-order valence-electron chi connectivity index (χ0n) is 15.0. The largest absolute Gasteiger partial charge is 0.330 e. The van der Waals surface area contributed by atoms with Gasteiger partial charge in [-0.2, -0.15) is 0 Å². The minimum atomic E-state index is 0.682. The van der Waals surface area contributed by atoms with Crippen LogP contribution in [0.15, 0.2) is 0 Å². The van der Waals surface area contributed by atoms with Gasteiger partial charge < -0.3 is 16.4 Å².